The minimum atomic E-state index is -0.634. The van der Waals surface area contributed by atoms with E-state index in [1.165, 1.54) is 11.1 Å². The van der Waals surface area contributed by atoms with E-state index in [1.54, 1.807) is 0 Å². The Kier molecular flexibility index (Phi) is 4.27. The quantitative estimate of drug-likeness (QED) is 0.682. The van der Waals surface area contributed by atoms with E-state index in [0.717, 1.165) is 20.9 Å². The van der Waals surface area contributed by atoms with Gasteiger partial charge < -0.3 is 0 Å². The van der Waals surface area contributed by atoms with E-state index in [9.17, 15) is 4.79 Å². The fourth-order valence-corrected chi connectivity index (χ4v) is 4.74. The Labute approximate surface area is 137 Å². The molecule has 0 unspecified atom stereocenters. The SMILES string of the molecule is CC1=C(C)c2ccccc2S(=NC(=O)CCl)c2ccccc21. The first kappa shape index (κ1) is 15.2. The number of allylic oxidation sites excluding steroid dienone is 2. The first-order valence-corrected chi connectivity index (χ1v) is 8.76. The first-order chi connectivity index (χ1) is 10.6. The van der Waals surface area contributed by atoms with Crippen LogP contribution in [0, 0.1) is 0 Å². The maximum absolute atomic E-state index is 11.9. The molecule has 0 atom stereocenters. The number of hydrogen-bond acceptors (Lipinski definition) is 1. The van der Waals surface area contributed by atoms with Crippen LogP contribution in [0.15, 0.2) is 62.7 Å². The van der Waals surface area contributed by atoms with Crippen LogP contribution in [0.3, 0.4) is 0 Å². The second-order valence-electron chi connectivity index (χ2n) is 5.15. The molecule has 0 radical (unpaired) electrons. The van der Waals surface area contributed by atoms with Crippen molar-refractivity contribution in [2.45, 2.75) is 23.6 Å². The van der Waals surface area contributed by atoms with Crippen LogP contribution in [0.1, 0.15) is 25.0 Å². The molecule has 0 saturated heterocycles. The molecule has 1 amide bonds. The lowest BCUT2D eigenvalue weighted by molar-refractivity contribution is -0.115. The molecule has 0 bridgehead atoms. The van der Waals surface area contributed by atoms with E-state index in [-0.39, 0.29) is 11.8 Å². The Morgan fingerprint density at radius 3 is 1.86 bits per heavy atom. The zero-order valence-corrected chi connectivity index (χ0v) is 14.0. The van der Waals surface area contributed by atoms with E-state index in [1.807, 2.05) is 24.3 Å². The average molecular weight is 330 g/mol. The number of fused-ring (bicyclic) bond motifs is 2. The van der Waals surface area contributed by atoms with Crippen LogP contribution in [0.2, 0.25) is 0 Å². The van der Waals surface area contributed by atoms with Gasteiger partial charge in [-0.3, -0.25) is 4.79 Å². The maximum Gasteiger partial charge on any atom is 0.267 e. The molecule has 0 aromatic heterocycles. The minimum Gasteiger partial charge on any atom is -0.271 e. The van der Waals surface area contributed by atoms with Crippen molar-refractivity contribution in [3.8, 4) is 0 Å². The summed E-state index contributed by atoms with van der Waals surface area (Å²) in [6.45, 7) is 4.25. The van der Waals surface area contributed by atoms with Gasteiger partial charge in [-0.25, -0.2) is 0 Å². The van der Waals surface area contributed by atoms with E-state index < -0.39 is 10.7 Å². The number of alkyl halides is 1. The molecule has 112 valence electrons. The molecule has 2 nitrogen and oxygen atoms in total. The van der Waals surface area contributed by atoms with Gasteiger partial charge in [0.2, 0.25) is 0 Å². The molecule has 0 fully saturated rings. The average Bonchev–Trinajstić information content (AvgIpc) is 2.65. The molecule has 0 saturated carbocycles. The summed E-state index contributed by atoms with van der Waals surface area (Å²) in [6.07, 6.45) is 0. The van der Waals surface area contributed by atoms with E-state index in [0.29, 0.717) is 0 Å². The lowest BCUT2D eigenvalue weighted by Crippen LogP contribution is -2.02. The van der Waals surface area contributed by atoms with Crippen molar-refractivity contribution in [3.05, 3.63) is 59.7 Å². The molecule has 1 heterocycles. The third kappa shape index (κ3) is 2.55. The van der Waals surface area contributed by atoms with Crippen molar-refractivity contribution in [1.82, 2.24) is 0 Å². The summed E-state index contributed by atoms with van der Waals surface area (Å²) in [7, 11) is -0.634. The van der Waals surface area contributed by atoms with E-state index >= 15 is 0 Å². The maximum atomic E-state index is 11.9. The summed E-state index contributed by atoms with van der Waals surface area (Å²) in [5.74, 6) is -0.356. The highest BCUT2D eigenvalue weighted by Crippen LogP contribution is 2.38. The van der Waals surface area contributed by atoms with E-state index in [4.69, 9.17) is 11.6 Å². The molecule has 22 heavy (non-hydrogen) atoms. The van der Waals surface area contributed by atoms with Crippen molar-refractivity contribution in [3.63, 3.8) is 0 Å². The Morgan fingerprint density at radius 1 is 0.955 bits per heavy atom. The van der Waals surface area contributed by atoms with Crippen LogP contribution in [-0.2, 0) is 15.5 Å². The van der Waals surface area contributed by atoms with Gasteiger partial charge in [0.1, 0.15) is 5.88 Å². The van der Waals surface area contributed by atoms with Gasteiger partial charge in [0.05, 0.1) is 0 Å². The Hall–Kier alpha value is -1.71. The van der Waals surface area contributed by atoms with Crippen LogP contribution in [0.5, 0.6) is 0 Å². The fraction of sp³-hybridized carbons (Fsp3) is 0.167. The van der Waals surface area contributed by atoms with Crippen molar-refractivity contribution in [2.75, 3.05) is 5.88 Å². The number of amides is 1. The summed E-state index contributed by atoms with van der Waals surface area (Å²) >= 11 is 5.67. The first-order valence-electron chi connectivity index (χ1n) is 7.04. The predicted octanol–water partition coefficient (Wildman–Crippen LogP) is 4.94. The van der Waals surface area contributed by atoms with Gasteiger partial charge in [0.15, 0.2) is 0 Å². The molecular formula is C18H16ClNOS. The van der Waals surface area contributed by atoms with Gasteiger partial charge in [-0.2, -0.15) is 4.36 Å². The lowest BCUT2D eigenvalue weighted by atomic mass is 9.97. The summed E-state index contributed by atoms with van der Waals surface area (Å²) in [5, 5.41) is 0. The Morgan fingerprint density at radius 2 is 1.41 bits per heavy atom. The number of carbonyl (C=O) groups excluding carboxylic acids is 1. The Balaban J connectivity index is 2.40. The van der Waals surface area contributed by atoms with Crippen LogP contribution < -0.4 is 0 Å². The molecule has 4 heteroatoms. The van der Waals surface area contributed by atoms with Gasteiger partial charge in [0.25, 0.3) is 5.91 Å². The van der Waals surface area contributed by atoms with Crippen molar-refractivity contribution in [2.24, 2.45) is 4.36 Å². The molecule has 0 spiro atoms. The molecule has 0 aliphatic carbocycles. The zero-order chi connectivity index (χ0) is 15.7. The van der Waals surface area contributed by atoms with E-state index in [2.05, 4.69) is 42.5 Å². The third-order valence-corrected chi connectivity index (χ3v) is 6.03. The molecule has 1 aliphatic rings. The van der Waals surface area contributed by atoms with Gasteiger partial charge >= 0.3 is 0 Å². The van der Waals surface area contributed by atoms with Gasteiger partial charge in [-0.15, -0.1) is 11.6 Å². The smallest absolute Gasteiger partial charge is 0.267 e. The van der Waals surface area contributed by atoms with Gasteiger partial charge in [-0.1, -0.05) is 36.4 Å². The van der Waals surface area contributed by atoms with Gasteiger partial charge in [-0.05, 0) is 58.9 Å². The number of hydrogen-bond donors (Lipinski definition) is 0. The van der Waals surface area contributed by atoms with Crippen LogP contribution in [0.4, 0.5) is 0 Å². The summed E-state index contributed by atoms with van der Waals surface area (Å²) in [5.41, 5.74) is 4.77. The molecule has 2 aromatic carbocycles. The highest BCUT2D eigenvalue weighted by molar-refractivity contribution is 7.88. The molecular weight excluding hydrogens is 314 g/mol. The molecule has 1 aliphatic heterocycles. The number of nitrogens with zero attached hydrogens (tertiary/aromatic N) is 1. The summed E-state index contributed by atoms with van der Waals surface area (Å²) in [4.78, 5) is 14.0. The van der Waals surface area contributed by atoms with Crippen LogP contribution >= 0.6 is 11.6 Å². The lowest BCUT2D eigenvalue weighted by Gasteiger charge is -2.11. The third-order valence-electron chi connectivity index (χ3n) is 3.87. The normalized spacial score (nSPS) is 14.1. The largest absolute Gasteiger partial charge is 0.271 e. The topological polar surface area (TPSA) is 29.4 Å². The van der Waals surface area contributed by atoms with Crippen molar-refractivity contribution < 1.29 is 4.79 Å². The van der Waals surface area contributed by atoms with Crippen molar-refractivity contribution in [1.29, 1.82) is 0 Å². The Bertz CT molecular complexity index is 766. The molecule has 3 rings (SSSR count). The minimum absolute atomic E-state index is 0.0841. The second kappa shape index (κ2) is 6.19. The molecule has 0 N–H and O–H groups in total. The number of benzene rings is 2. The summed E-state index contributed by atoms with van der Waals surface area (Å²) in [6, 6.07) is 16.4. The number of rotatable bonds is 1. The summed E-state index contributed by atoms with van der Waals surface area (Å²) < 4.78 is 4.40. The highest BCUT2D eigenvalue weighted by atomic mass is 35.5. The van der Waals surface area contributed by atoms with Crippen LogP contribution in [0.25, 0.3) is 11.1 Å². The predicted molar refractivity (Wildman–Crippen MR) is 93.1 cm³/mol. The second-order valence-corrected chi connectivity index (χ2v) is 7.04. The zero-order valence-electron chi connectivity index (χ0n) is 12.5. The standard InChI is InChI=1S/C18H16ClNOS/c1-12-13(2)15-8-4-6-10-17(15)22(20-18(21)11-19)16-9-5-3-7-14(12)16/h3-10H,11H2,1-2H3. The van der Waals surface area contributed by atoms with Crippen LogP contribution in [-0.4, -0.2) is 11.8 Å². The number of carbonyl (C=O) groups is 1. The van der Waals surface area contributed by atoms with Crippen molar-refractivity contribution >= 4 is 39.3 Å². The van der Waals surface area contributed by atoms with Gasteiger partial charge in [0, 0.05) is 9.79 Å². The molecule has 2 aromatic rings. The highest BCUT2D eigenvalue weighted by Gasteiger charge is 2.21. The monoisotopic (exact) mass is 329 g/mol. The number of halogens is 1. The fourth-order valence-electron chi connectivity index (χ4n) is 2.64.